The van der Waals surface area contributed by atoms with Crippen molar-refractivity contribution in [2.24, 2.45) is 0 Å². The van der Waals surface area contributed by atoms with Gasteiger partial charge in [-0.15, -0.1) is 9.24 Å². The van der Waals surface area contributed by atoms with Crippen molar-refractivity contribution in [3.63, 3.8) is 0 Å². The van der Waals surface area contributed by atoms with Crippen LogP contribution in [0.2, 0.25) is 0 Å². The first-order chi connectivity index (χ1) is 9.22. The smallest absolute Gasteiger partial charge is 0.124 e. The summed E-state index contributed by atoms with van der Waals surface area (Å²) in [4.78, 5) is 0. The zero-order valence-corrected chi connectivity index (χ0v) is 11.9. The van der Waals surface area contributed by atoms with E-state index in [1.807, 2.05) is 12.1 Å². The molecule has 0 bridgehead atoms. The van der Waals surface area contributed by atoms with Crippen molar-refractivity contribution in [1.82, 2.24) is 0 Å². The zero-order valence-electron chi connectivity index (χ0n) is 10.8. The molecule has 2 aliphatic rings. The summed E-state index contributed by atoms with van der Waals surface area (Å²) in [6.07, 6.45) is 0. The van der Waals surface area contributed by atoms with E-state index < -0.39 is 0 Å². The number of benzene rings is 2. The van der Waals surface area contributed by atoms with Crippen LogP contribution in [0.15, 0.2) is 36.4 Å². The van der Waals surface area contributed by atoms with Crippen molar-refractivity contribution in [3.8, 4) is 11.5 Å². The number of rotatable bonds is 0. The molecule has 2 aromatic carbocycles. The molecule has 4 rings (SSSR count). The van der Waals surface area contributed by atoms with Gasteiger partial charge in [0.15, 0.2) is 0 Å². The van der Waals surface area contributed by atoms with E-state index in [0.29, 0.717) is 13.2 Å². The third-order valence-corrected chi connectivity index (χ3v) is 4.68. The van der Waals surface area contributed by atoms with Gasteiger partial charge in [0.25, 0.3) is 0 Å². The van der Waals surface area contributed by atoms with Gasteiger partial charge in [0.05, 0.1) is 5.41 Å². The van der Waals surface area contributed by atoms with Crippen LogP contribution in [0.1, 0.15) is 16.7 Å². The highest BCUT2D eigenvalue weighted by Gasteiger charge is 2.50. The summed E-state index contributed by atoms with van der Waals surface area (Å²) < 4.78 is 11.9. The lowest BCUT2D eigenvalue weighted by Crippen LogP contribution is -2.34. The Morgan fingerprint density at radius 3 is 2.32 bits per heavy atom. The molecule has 0 aromatic heterocycles. The first-order valence-electron chi connectivity index (χ1n) is 6.47. The van der Waals surface area contributed by atoms with Gasteiger partial charge in [-0.3, -0.25) is 0 Å². The van der Waals surface area contributed by atoms with Gasteiger partial charge in [0, 0.05) is 11.1 Å². The van der Waals surface area contributed by atoms with E-state index in [0.717, 1.165) is 11.5 Å². The largest absolute Gasteiger partial charge is 0.492 e. The number of ether oxygens (including phenoxy) is 2. The summed E-state index contributed by atoms with van der Waals surface area (Å²) in [5, 5.41) is 1.20. The van der Waals surface area contributed by atoms with Crippen LogP contribution in [0.5, 0.6) is 11.5 Å². The van der Waals surface area contributed by atoms with Gasteiger partial charge in [0.2, 0.25) is 0 Å². The molecule has 0 amide bonds. The molecule has 0 aliphatic carbocycles. The Bertz CT molecular complexity index is 619. The van der Waals surface area contributed by atoms with E-state index in [-0.39, 0.29) is 5.41 Å². The molecule has 96 valence electrons. The predicted molar refractivity (Wildman–Crippen MR) is 78.7 cm³/mol. The lowest BCUT2D eigenvalue weighted by Gasteiger charge is -2.23. The summed E-state index contributed by atoms with van der Waals surface area (Å²) in [5.41, 5.74) is 3.71. The molecule has 3 heteroatoms. The Balaban J connectivity index is 2.03. The summed E-state index contributed by atoms with van der Waals surface area (Å²) in [5.74, 6) is 2.00. The number of hydrogen-bond acceptors (Lipinski definition) is 2. The highest BCUT2D eigenvalue weighted by molar-refractivity contribution is 7.27. The molecule has 0 saturated heterocycles. The molecule has 0 saturated carbocycles. The second-order valence-electron chi connectivity index (χ2n) is 5.33. The van der Waals surface area contributed by atoms with Gasteiger partial charge in [-0.1, -0.05) is 24.3 Å². The van der Waals surface area contributed by atoms with Crippen LogP contribution in [0.25, 0.3) is 0 Å². The van der Waals surface area contributed by atoms with Crippen LogP contribution in [-0.2, 0) is 5.41 Å². The van der Waals surface area contributed by atoms with Crippen molar-refractivity contribution >= 4 is 14.5 Å². The fourth-order valence-electron chi connectivity index (χ4n) is 3.41. The minimum atomic E-state index is -0.131. The van der Waals surface area contributed by atoms with Crippen molar-refractivity contribution in [2.75, 3.05) is 13.2 Å². The Morgan fingerprint density at radius 1 is 0.947 bits per heavy atom. The van der Waals surface area contributed by atoms with E-state index >= 15 is 0 Å². The molecule has 2 aromatic rings. The summed E-state index contributed by atoms with van der Waals surface area (Å²) in [6, 6.07) is 12.5. The zero-order chi connectivity index (χ0) is 13.0. The van der Waals surface area contributed by atoms with E-state index in [1.54, 1.807) is 0 Å². The highest BCUT2D eigenvalue weighted by Crippen LogP contribution is 2.50. The molecule has 0 radical (unpaired) electrons. The van der Waals surface area contributed by atoms with Crippen LogP contribution < -0.4 is 14.8 Å². The molecule has 2 heterocycles. The van der Waals surface area contributed by atoms with Gasteiger partial charge in [-0.2, -0.15) is 0 Å². The van der Waals surface area contributed by atoms with Crippen LogP contribution >= 0.6 is 9.24 Å². The third-order valence-electron chi connectivity index (χ3n) is 4.20. The Morgan fingerprint density at radius 2 is 1.58 bits per heavy atom. The molecule has 2 atom stereocenters. The van der Waals surface area contributed by atoms with E-state index in [4.69, 9.17) is 9.47 Å². The van der Waals surface area contributed by atoms with Crippen molar-refractivity contribution in [3.05, 3.63) is 53.1 Å². The Kier molecular flexibility index (Phi) is 2.23. The van der Waals surface area contributed by atoms with E-state index in [2.05, 4.69) is 40.4 Å². The van der Waals surface area contributed by atoms with Crippen molar-refractivity contribution in [2.45, 2.75) is 12.3 Å². The standard InChI is InChI=1S/C16H15O2P/c1-10-4-2-5-11-14(10)16(8-17-11)9-18-12-6-3-7-13(19)15(12)16/h2-7H,8-9,19H2,1H3. The minimum Gasteiger partial charge on any atom is -0.492 e. The molecule has 2 unspecified atom stereocenters. The predicted octanol–water partition coefficient (Wildman–Crippen LogP) is 2.57. The summed E-state index contributed by atoms with van der Waals surface area (Å²) >= 11 is 0. The molecule has 1 spiro atoms. The van der Waals surface area contributed by atoms with Crippen molar-refractivity contribution in [1.29, 1.82) is 0 Å². The van der Waals surface area contributed by atoms with Gasteiger partial charge in [0.1, 0.15) is 24.7 Å². The molecular formula is C16H15O2P. The summed E-state index contributed by atoms with van der Waals surface area (Å²) in [7, 11) is 2.83. The third kappa shape index (κ3) is 1.35. The van der Waals surface area contributed by atoms with Gasteiger partial charge >= 0.3 is 0 Å². The maximum absolute atomic E-state index is 5.94. The van der Waals surface area contributed by atoms with E-state index in [9.17, 15) is 0 Å². The molecule has 0 fully saturated rings. The van der Waals surface area contributed by atoms with Crippen LogP contribution in [0.3, 0.4) is 0 Å². The molecule has 2 aliphatic heterocycles. The topological polar surface area (TPSA) is 18.5 Å². The SMILES string of the molecule is Cc1cccc2c1C1(CO2)COc2cccc(P)c21. The van der Waals surface area contributed by atoms with Crippen LogP contribution in [0, 0.1) is 6.92 Å². The monoisotopic (exact) mass is 270 g/mol. The van der Waals surface area contributed by atoms with Crippen LogP contribution in [-0.4, -0.2) is 13.2 Å². The summed E-state index contributed by atoms with van der Waals surface area (Å²) in [6.45, 7) is 3.50. The molecule has 19 heavy (non-hydrogen) atoms. The fraction of sp³-hybridized carbons (Fsp3) is 0.250. The minimum absolute atomic E-state index is 0.131. The normalized spacial score (nSPS) is 22.8. The van der Waals surface area contributed by atoms with Gasteiger partial charge in [-0.05, 0) is 29.9 Å². The number of aryl methyl sites for hydroxylation is 1. The molecule has 2 nitrogen and oxygen atoms in total. The number of fused-ring (bicyclic) bond motifs is 4. The maximum Gasteiger partial charge on any atom is 0.124 e. The maximum atomic E-state index is 5.94. The van der Waals surface area contributed by atoms with Crippen LogP contribution in [0.4, 0.5) is 0 Å². The van der Waals surface area contributed by atoms with Gasteiger partial charge < -0.3 is 9.47 Å². The average molecular weight is 270 g/mol. The number of hydrogen-bond donors (Lipinski definition) is 0. The van der Waals surface area contributed by atoms with Crippen molar-refractivity contribution < 1.29 is 9.47 Å². The Hall–Kier alpha value is -1.53. The first kappa shape index (κ1) is 11.3. The molecule has 0 N–H and O–H groups in total. The molecular weight excluding hydrogens is 255 g/mol. The first-order valence-corrected chi connectivity index (χ1v) is 7.05. The second-order valence-corrected chi connectivity index (χ2v) is 5.95. The second kappa shape index (κ2) is 3.74. The average Bonchev–Trinajstić information content (AvgIpc) is 2.96. The lowest BCUT2D eigenvalue weighted by atomic mass is 9.76. The Labute approximate surface area is 114 Å². The highest BCUT2D eigenvalue weighted by atomic mass is 31.0. The van der Waals surface area contributed by atoms with Gasteiger partial charge in [-0.25, -0.2) is 0 Å². The lowest BCUT2D eigenvalue weighted by molar-refractivity contribution is 0.238. The van der Waals surface area contributed by atoms with E-state index in [1.165, 1.54) is 22.0 Å². The fourth-order valence-corrected chi connectivity index (χ4v) is 3.94. The quantitative estimate of drug-likeness (QED) is 0.685.